The van der Waals surface area contributed by atoms with Crippen molar-refractivity contribution in [2.45, 2.75) is 25.8 Å². The lowest BCUT2D eigenvalue weighted by atomic mass is 9.97. The van der Waals surface area contributed by atoms with E-state index in [1.54, 1.807) is 0 Å². The molecule has 0 aliphatic rings. The molecular weight excluding hydrogens is 290 g/mol. The van der Waals surface area contributed by atoms with Crippen LogP contribution in [0.1, 0.15) is 30.4 Å². The second kappa shape index (κ2) is 8.96. The molecular formula is C19H23NO3. The van der Waals surface area contributed by atoms with Crippen molar-refractivity contribution in [2.75, 3.05) is 13.2 Å². The van der Waals surface area contributed by atoms with Gasteiger partial charge in [-0.15, -0.1) is 0 Å². The van der Waals surface area contributed by atoms with Crippen molar-refractivity contribution in [3.63, 3.8) is 0 Å². The molecule has 4 heteroatoms. The molecule has 2 aromatic carbocycles. The molecule has 0 aromatic heterocycles. The number of para-hydroxylation sites is 1. The lowest BCUT2D eigenvalue weighted by Crippen LogP contribution is -2.24. The molecule has 2 rings (SSSR count). The van der Waals surface area contributed by atoms with Crippen LogP contribution >= 0.6 is 0 Å². The minimum absolute atomic E-state index is 0.0123. The molecule has 0 radical (unpaired) electrons. The van der Waals surface area contributed by atoms with E-state index in [4.69, 9.17) is 9.84 Å². The third-order valence-corrected chi connectivity index (χ3v) is 3.66. The highest BCUT2D eigenvalue weighted by Gasteiger charge is 2.11. The van der Waals surface area contributed by atoms with Gasteiger partial charge >= 0.3 is 0 Å². The van der Waals surface area contributed by atoms with E-state index in [2.05, 4.69) is 5.32 Å². The maximum absolute atomic E-state index is 12.1. The van der Waals surface area contributed by atoms with Crippen LogP contribution in [0.3, 0.4) is 0 Å². The van der Waals surface area contributed by atoms with E-state index >= 15 is 0 Å². The summed E-state index contributed by atoms with van der Waals surface area (Å²) in [5.74, 6) is 0.883. The van der Waals surface area contributed by atoms with E-state index in [9.17, 15) is 4.79 Å². The lowest BCUT2D eigenvalue weighted by molar-refractivity contribution is -0.121. The Morgan fingerprint density at radius 2 is 1.83 bits per heavy atom. The average molecular weight is 313 g/mol. The minimum Gasteiger partial charge on any atom is -0.491 e. The van der Waals surface area contributed by atoms with E-state index in [0.29, 0.717) is 18.7 Å². The standard InChI is InChI=1S/C19H23NO3/c1-15(16-7-3-2-4-8-16)13-19(22)20-14-17-9-5-6-10-18(17)23-12-11-21/h2-10,15,21H,11-14H2,1H3,(H,20,22). The maximum Gasteiger partial charge on any atom is 0.220 e. The number of nitrogens with one attached hydrogen (secondary N) is 1. The van der Waals surface area contributed by atoms with Crippen molar-refractivity contribution in [1.29, 1.82) is 0 Å². The van der Waals surface area contributed by atoms with Crippen LogP contribution in [0.5, 0.6) is 5.75 Å². The Labute approximate surface area is 137 Å². The number of hydrogen-bond donors (Lipinski definition) is 2. The molecule has 122 valence electrons. The van der Waals surface area contributed by atoms with Gasteiger partial charge in [-0.25, -0.2) is 0 Å². The fourth-order valence-electron chi connectivity index (χ4n) is 2.39. The van der Waals surface area contributed by atoms with Gasteiger partial charge in [-0.1, -0.05) is 55.5 Å². The highest BCUT2D eigenvalue weighted by Crippen LogP contribution is 2.20. The Balaban J connectivity index is 1.87. The van der Waals surface area contributed by atoms with Gasteiger partial charge < -0.3 is 15.2 Å². The molecule has 0 aliphatic carbocycles. The van der Waals surface area contributed by atoms with Crippen LogP contribution in [-0.2, 0) is 11.3 Å². The predicted molar refractivity (Wildman–Crippen MR) is 90.3 cm³/mol. The zero-order valence-electron chi connectivity index (χ0n) is 13.4. The molecule has 4 nitrogen and oxygen atoms in total. The summed E-state index contributed by atoms with van der Waals surface area (Å²) in [7, 11) is 0. The normalized spacial score (nSPS) is 11.7. The Hall–Kier alpha value is -2.33. The summed E-state index contributed by atoms with van der Waals surface area (Å²) in [6.45, 7) is 2.68. The predicted octanol–water partition coefficient (Wildman–Crippen LogP) is 2.87. The van der Waals surface area contributed by atoms with E-state index < -0.39 is 0 Å². The largest absolute Gasteiger partial charge is 0.491 e. The van der Waals surface area contributed by atoms with Crippen LogP contribution in [0.25, 0.3) is 0 Å². The van der Waals surface area contributed by atoms with Crippen LogP contribution in [0.15, 0.2) is 54.6 Å². The summed E-state index contributed by atoms with van der Waals surface area (Å²) < 4.78 is 5.47. The van der Waals surface area contributed by atoms with Crippen molar-refractivity contribution < 1.29 is 14.6 Å². The highest BCUT2D eigenvalue weighted by atomic mass is 16.5. The Bertz CT molecular complexity index is 613. The summed E-state index contributed by atoms with van der Waals surface area (Å²) in [5.41, 5.74) is 2.07. The van der Waals surface area contributed by atoms with Gasteiger partial charge in [-0.05, 0) is 17.5 Å². The van der Waals surface area contributed by atoms with Gasteiger partial charge in [0.2, 0.25) is 5.91 Å². The summed E-state index contributed by atoms with van der Waals surface area (Å²) in [6.07, 6.45) is 0.448. The van der Waals surface area contributed by atoms with E-state index in [-0.39, 0.29) is 25.0 Å². The number of benzene rings is 2. The molecule has 1 atom stereocenters. The zero-order valence-corrected chi connectivity index (χ0v) is 13.4. The number of hydrogen-bond acceptors (Lipinski definition) is 3. The van der Waals surface area contributed by atoms with Crippen LogP contribution in [0.2, 0.25) is 0 Å². The SMILES string of the molecule is CC(CC(=O)NCc1ccccc1OCCO)c1ccccc1. The van der Waals surface area contributed by atoms with Gasteiger partial charge in [0.15, 0.2) is 0 Å². The maximum atomic E-state index is 12.1. The molecule has 0 heterocycles. The van der Waals surface area contributed by atoms with Gasteiger partial charge in [-0.3, -0.25) is 4.79 Å². The zero-order chi connectivity index (χ0) is 16.5. The van der Waals surface area contributed by atoms with Gasteiger partial charge in [0.05, 0.1) is 6.61 Å². The van der Waals surface area contributed by atoms with Gasteiger partial charge in [0.1, 0.15) is 12.4 Å². The first-order chi connectivity index (χ1) is 11.2. The number of amides is 1. The van der Waals surface area contributed by atoms with Crippen molar-refractivity contribution in [3.8, 4) is 5.75 Å². The van der Waals surface area contributed by atoms with Crippen LogP contribution in [-0.4, -0.2) is 24.2 Å². The molecule has 0 spiro atoms. The highest BCUT2D eigenvalue weighted by molar-refractivity contribution is 5.76. The molecule has 23 heavy (non-hydrogen) atoms. The minimum atomic E-state index is -0.0325. The molecule has 2 aromatic rings. The number of rotatable bonds is 8. The van der Waals surface area contributed by atoms with Crippen LogP contribution < -0.4 is 10.1 Å². The first-order valence-corrected chi connectivity index (χ1v) is 7.84. The smallest absolute Gasteiger partial charge is 0.220 e. The molecule has 0 saturated heterocycles. The average Bonchev–Trinajstić information content (AvgIpc) is 2.59. The summed E-state index contributed by atoms with van der Waals surface area (Å²) >= 11 is 0. The Morgan fingerprint density at radius 3 is 2.57 bits per heavy atom. The third kappa shape index (κ3) is 5.42. The van der Waals surface area contributed by atoms with Crippen LogP contribution in [0.4, 0.5) is 0 Å². The first kappa shape index (κ1) is 17.0. The molecule has 0 saturated carbocycles. The Kier molecular flexibility index (Phi) is 6.63. The van der Waals surface area contributed by atoms with Gasteiger partial charge in [0, 0.05) is 18.5 Å². The monoisotopic (exact) mass is 313 g/mol. The fourth-order valence-corrected chi connectivity index (χ4v) is 2.39. The molecule has 2 N–H and O–H groups in total. The molecule has 0 fully saturated rings. The summed E-state index contributed by atoms with van der Waals surface area (Å²) in [4.78, 5) is 12.1. The van der Waals surface area contributed by atoms with Crippen molar-refractivity contribution >= 4 is 5.91 Å². The number of aliphatic hydroxyl groups is 1. The molecule has 1 amide bonds. The van der Waals surface area contributed by atoms with Crippen molar-refractivity contribution in [2.24, 2.45) is 0 Å². The summed E-state index contributed by atoms with van der Waals surface area (Å²) in [6, 6.07) is 17.5. The number of carbonyl (C=O) groups excluding carboxylic acids is 1. The quantitative estimate of drug-likeness (QED) is 0.788. The Morgan fingerprint density at radius 1 is 1.13 bits per heavy atom. The fraction of sp³-hybridized carbons (Fsp3) is 0.316. The van der Waals surface area contributed by atoms with Crippen molar-refractivity contribution in [3.05, 3.63) is 65.7 Å². The van der Waals surface area contributed by atoms with E-state index in [1.807, 2.05) is 61.5 Å². The second-order valence-corrected chi connectivity index (χ2v) is 5.47. The number of aliphatic hydroxyl groups excluding tert-OH is 1. The van der Waals surface area contributed by atoms with Crippen molar-refractivity contribution in [1.82, 2.24) is 5.32 Å². The summed E-state index contributed by atoms with van der Waals surface area (Å²) in [5, 5.41) is 11.8. The topological polar surface area (TPSA) is 58.6 Å². The second-order valence-electron chi connectivity index (χ2n) is 5.47. The third-order valence-electron chi connectivity index (χ3n) is 3.66. The number of ether oxygens (including phenoxy) is 1. The lowest BCUT2D eigenvalue weighted by Gasteiger charge is -2.14. The van der Waals surface area contributed by atoms with Crippen LogP contribution in [0, 0.1) is 0 Å². The molecule has 1 unspecified atom stereocenters. The molecule has 0 bridgehead atoms. The first-order valence-electron chi connectivity index (χ1n) is 7.84. The van der Waals surface area contributed by atoms with E-state index in [1.165, 1.54) is 0 Å². The van der Waals surface area contributed by atoms with Gasteiger partial charge in [-0.2, -0.15) is 0 Å². The van der Waals surface area contributed by atoms with E-state index in [0.717, 1.165) is 11.1 Å². The molecule has 0 aliphatic heterocycles. The number of carbonyl (C=O) groups is 1. The van der Waals surface area contributed by atoms with Gasteiger partial charge in [0.25, 0.3) is 0 Å².